The lowest BCUT2D eigenvalue weighted by molar-refractivity contribution is -0.873. The number of esters is 1. The highest BCUT2D eigenvalue weighted by molar-refractivity contribution is 5.77. The normalized spacial score (nSPS) is 33.0. The van der Waals surface area contributed by atoms with E-state index in [0.717, 1.165) is 50.8 Å². The highest BCUT2D eigenvalue weighted by atomic mass is 16.5. The zero-order valence-corrected chi connectivity index (χ0v) is 18.4. The van der Waals surface area contributed by atoms with Crippen molar-refractivity contribution in [3.8, 4) is 0 Å². The van der Waals surface area contributed by atoms with E-state index in [4.69, 9.17) is 9.15 Å². The lowest BCUT2D eigenvalue weighted by Gasteiger charge is -2.57. The molecule has 28 heavy (non-hydrogen) atoms. The first kappa shape index (κ1) is 21.2. The third-order valence-corrected chi connectivity index (χ3v) is 7.73. The van der Waals surface area contributed by atoms with Crippen LogP contribution in [0.25, 0.3) is 0 Å². The predicted molar refractivity (Wildman–Crippen MR) is 111 cm³/mol. The molecule has 1 N–H and O–H groups in total. The summed E-state index contributed by atoms with van der Waals surface area (Å²) >= 11 is 0. The van der Waals surface area contributed by atoms with E-state index in [0.29, 0.717) is 11.8 Å². The number of fused-ring (bicyclic) bond motifs is 1. The number of hydrogen-bond acceptors (Lipinski definition) is 3. The summed E-state index contributed by atoms with van der Waals surface area (Å²) in [4.78, 5) is 14.1. The Balaban J connectivity index is 1.82. The quantitative estimate of drug-likeness (QED) is 0.595. The number of aryl methyl sites for hydroxylation is 1. The Labute approximate surface area is 170 Å². The lowest BCUT2D eigenvalue weighted by Crippen LogP contribution is -3.04. The summed E-state index contributed by atoms with van der Waals surface area (Å²) in [5, 5.41) is 0. The third-order valence-electron chi connectivity index (χ3n) is 7.73. The van der Waals surface area contributed by atoms with E-state index in [-0.39, 0.29) is 16.8 Å². The molecule has 0 bridgehead atoms. The summed E-state index contributed by atoms with van der Waals surface area (Å²) in [5.74, 6) is 1.89. The SMILES string of the molecule is C=C1CCC2[C@](C)(CCC[C@]2(C)C(=O)OC)[C@H]1CCc1ccoc1C[NH+](C)C. The van der Waals surface area contributed by atoms with Crippen LogP contribution in [-0.4, -0.2) is 27.2 Å². The number of nitrogens with one attached hydrogen (secondary N) is 1. The van der Waals surface area contributed by atoms with E-state index in [9.17, 15) is 4.79 Å². The molecule has 156 valence electrons. The summed E-state index contributed by atoms with van der Waals surface area (Å²) in [5.41, 5.74) is 2.45. The molecule has 2 fully saturated rings. The van der Waals surface area contributed by atoms with Gasteiger partial charge in [-0.05, 0) is 74.3 Å². The fourth-order valence-electron chi connectivity index (χ4n) is 6.33. The second-order valence-corrected chi connectivity index (χ2v) is 9.86. The van der Waals surface area contributed by atoms with E-state index in [2.05, 4.69) is 40.6 Å². The molecular weight excluding hydrogens is 350 g/mol. The Morgan fingerprint density at radius 3 is 2.79 bits per heavy atom. The molecule has 2 saturated carbocycles. The van der Waals surface area contributed by atoms with Crippen molar-refractivity contribution in [2.24, 2.45) is 22.7 Å². The van der Waals surface area contributed by atoms with Crippen molar-refractivity contribution in [3.63, 3.8) is 0 Å². The minimum absolute atomic E-state index is 0.0271. The fraction of sp³-hybridized carbons (Fsp3) is 0.708. The van der Waals surface area contributed by atoms with E-state index in [1.54, 1.807) is 0 Å². The van der Waals surface area contributed by atoms with Gasteiger partial charge >= 0.3 is 5.97 Å². The van der Waals surface area contributed by atoms with Gasteiger partial charge in [0.15, 0.2) is 5.76 Å². The zero-order chi connectivity index (χ0) is 20.5. The van der Waals surface area contributed by atoms with Gasteiger partial charge in [0.05, 0.1) is 32.9 Å². The van der Waals surface area contributed by atoms with Crippen LogP contribution in [-0.2, 0) is 22.5 Å². The standard InChI is InChI=1S/C24H37NO3/c1-17-8-11-21-23(2,13-7-14-24(21,3)22(26)27-6)19(17)10-9-18-12-15-28-20(18)16-25(4)5/h12,15,19,21H,1,7-11,13-14,16H2,2-6H3/p+1/t19-,21?,23+,24-/m0/s1. The monoisotopic (exact) mass is 388 g/mol. The Kier molecular flexibility index (Phi) is 6.09. The maximum Gasteiger partial charge on any atom is 0.311 e. The van der Waals surface area contributed by atoms with Crippen LogP contribution < -0.4 is 4.90 Å². The molecule has 1 heterocycles. The van der Waals surface area contributed by atoms with Crippen LogP contribution in [0.1, 0.15) is 63.7 Å². The molecule has 0 amide bonds. The highest BCUT2D eigenvalue weighted by Gasteiger charge is 2.57. The minimum atomic E-state index is -0.365. The lowest BCUT2D eigenvalue weighted by atomic mass is 9.46. The molecule has 1 aromatic rings. The molecule has 4 nitrogen and oxygen atoms in total. The number of methoxy groups -OCH3 is 1. The van der Waals surface area contributed by atoms with Crippen molar-refractivity contribution < 1.29 is 18.8 Å². The molecule has 3 rings (SSSR count). The number of carbonyl (C=O) groups is 1. The Morgan fingerprint density at radius 2 is 2.11 bits per heavy atom. The summed E-state index contributed by atoms with van der Waals surface area (Å²) in [6.07, 6.45) is 9.20. The van der Waals surface area contributed by atoms with Crippen molar-refractivity contribution >= 4 is 5.97 Å². The second kappa shape index (κ2) is 8.06. The van der Waals surface area contributed by atoms with E-state index in [1.807, 2.05) is 6.26 Å². The van der Waals surface area contributed by atoms with Crippen LogP contribution in [0.5, 0.6) is 0 Å². The number of allylic oxidation sites excluding steroid dienone is 1. The highest BCUT2D eigenvalue weighted by Crippen LogP contribution is 2.62. The van der Waals surface area contributed by atoms with Gasteiger partial charge in [-0.2, -0.15) is 0 Å². The van der Waals surface area contributed by atoms with Crippen LogP contribution in [0.3, 0.4) is 0 Å². The zero-order valence-electron chi connectivity index (χ0n) is 18.4. The maximum atomic E-state index is 12.7. The van der Waals surface area contributed by atoms with E-state index < -0.39 is 0 Å². The van der Waals surface area contributed by atoms with Gasteiger partial charge in [0.25, 0.3) is 0 Å². The molecule has 0 radical (unpaired) electrons. The number of hydrogen-bond donors (Lipinski definition) is 1. The van der Waals surface area contributed by atoms with Crippen LogP contribution in [0, 0.1) is 22.7 Å². The predicted octanol–water partition coefficient (Wildman–Crippen LogP) is 3.81. The van der Waals surface area contributed by atoms with Gasteiger partial charge in [0, 0.05) is 0 Å². The molecule has 1 aromatic heterocycles. The summed E-state index contributed by atoms with van der Waals surface area (Å²) in [6, 6.07) is 2.13. The van der Waals surface area contributed by atoms with Gasteiger partial charge in [-0.1, -0.05) is 25.5 Å². The van der Waals surface area contributed by atoms with Crippen LogP contribution >= 0.6 is 0 Å². The Hall–Kier alpha value is -1.55. The minimum Gasteiger partial charge on any atom is -0.469 e. The van der Waals surface area contributed by atoms with Gasteiger partial charge < -0.3 is 14.1 Å². The summed E-state index contributed by atoms with van der Waals surface area (Å²) in [6.45, 7) is 9.93. The average Bonchev–Trinajstić information content (AvgIpc) is 3.06. The molecule has 1 unspecified atom stereocenters. The molecule has 4 heteroatoms. The molecule has 2 aliphatic carbocycles. The van der Waals surface area contributed by atoms with Crippen molar-refractivity contribution in [3.05, 3.63) is 35.8 Å². The van der Waals surface area contributed by atoms with Gasteiger partial charge in [-0.25, -0.2) is 0 Å². The molecule has 0 aliphatic heterocycles. The molecule has 4 atom stereocenters. The molecule has 0 saturated heterocycles. The topological polar surface area (TPSA) is 43.9 Å². The largest absolute Gasteiger partial charge is 0.469 e. The van der Waals surface area contributed by atoms with Crippen LogP contribution in [0.4, 0.5) is 0 Å². The fourth-order valence-corrected chi connectivity index (χ4v) is 6.33. The van der Waals surface area contributed by atoms with Crippen LogP contribution in [0.15, 0.2) is 28.9 Å². The molecular formula is C24H38NO3+. The Morgan fingerprint density at radius 1 is 1.36 bits per heavy atom. The number of rotatable bonds is 6. The number of carbonyl (C=O) groups excluding carboxylic acids is 1. The van der Waals surface area contributed by atoms with Crippen molar-refractivity contribution in [2.45, 2.75) is 65.3 Å². The summed E-state index contributed by atoms with van der Waals surface area (Å²) < 4.78 is 11.0. The molecule has 0 spiro atoms. The van der Waals surface area contributed by atoms with E-state index in [1.165, 1.54) is 29.6 Å². The van der Waals surface area contributed by atoms with Gasteiger partial charge in [0.1, 0.15) is 6.54 Å². The first-order valence-corrected chi connectivity index (χ1v) is 10.8. The maximum absolute atomic E-state index is 12.7. The number of ether oxygens (including phenoxy) is 1. The van der Waals surface area contributed by atoms with Crippen molar-refractivity contribution in [1.29, 1.82) is 0 Å². The number of furan rings is 1. The van der Waals surface area contributed by atoms with Crippen LogP contribution in [0.2, 0.25) is 0 Å². The van der Waals surface area contributed by atoms with Gasteiger partial charge in [-0.3, -0.25) is 4.79 Å². The Bertz CT molecular complexity index is 721. The van der Waals surface area contributed by atoms with E-state index >= 15 is 0 Å². The van der Waals surface area contributed by atoms with Gasteiger partial charge in [-0.15, -0.1) is 0 Å². The second-order valence-electron chi connectivity index (χ2n) is 9.86. The number of quaternary nitrogens is 1. The molecule has 0 aromatic carbocycles. The van der Waals surface area contributed by atoms with Crippen molar-refractivity contribution in [1.82, 2.24) is 0 Å². The van der Waals surface area contributed by atoms with Gasteiger partial charge in [0.2, 0.25) is 0 Å². The smallest absolute Gasteiger partial charge is 0.311 e. The first-order chi connectivity index (χ1) is 13.2. The molecule has 2 aliphatic rings. The van der Waals surface area contributed by atoms with Crippen molar-refractivity contribution in [2.75, 3.05) is 21.2 Å². The average molecular weight is 389 g/mol. The first-order valence-electron chi connectivity index (χ1n) is 10.8. The third kappa shape index (κ3) is 3.68. The summed E-state index contributed by atoms with van der Waals surface area (Å²) in [7, 11) is 5.83.